The normalized spacial score (nSPS) is 12.0. The lowest BCUT2D eigenvalue weighted by atomic mass is 10.1. The maximum Gasteiger partial charge on any atom is 0.264 e. The molecule has 0 spiro atoms. The molecular weight excluding hydrogens is 505 g/mol. The molecule has 0 fully saturated rings. The molecule has 0 bridgehead atoms. The molecule has 3 aromatic rings. The summed E-state index contributed by atoms with van der Waals surface area (Å²) >= 11 is 5.97. The fourth-order valence-electron chi connectivity index (χ4n) is 3.55. The summed E-state index contributed by atoms with van der Waals surface area (Å²) in [5.74, 6) is -1.58. The van der Waals surface area contributed by atoms with E-state index in [2.05, 4.69) is 5.32 Å². The Labute approximate surface area is 215 Å². The number of nitrogens with one attached hydrogen (secondary N) is 1. The molecule has 0 aliphatic heterocycles. The number of benzene rings is 3. The number of carbonyl (C=O) groups is 2. The molecule has 190 valence electrons. The van der Waals surface area contributed by atoms with E-state index in [0.29, 0.717) is 10.6 Å². The fourth-order valence-corrected chi connectivity index (χ4v) is 5.09. The number of carbonyl (C=O) groups excluding carboxylic acids is 2. The number of aryl methyl sites for hydroxylation is 1. The summed E-state index contributed by atoms with van der Waals surface area (Å²) in [6.45, 7) is 2.91. The van der Waals surface area contributed by atoms with Crippen molar-refractivity contribution in [1.82, 2.24) is 10.2 Å². The molecule has 0 aliphatic rings. The standard InChI is InChI=1S/C26H27ClFN3O4S/c1-18-4-12-23(13-5-18)31(36(34,35)24-14-10-22(28)11-15-24)17-25(32)30(19(2)26(33)29-3)16-20-6-8-21(27)9-7-20/h4-15,19H,16-17H2,1-3H3,(H,29,33). The van der Waals surface area contributed by atoms with Crippen molar-refractivity contribution in [1.29, 1.82) is 0 Å². The van der Waals surface area contributed by atoms with E-state index in [4.69, 9.17) is 11.6 Å². The van der Waals surface area contributed by atoms with Gasteiger partial charge in [-0.05, 0) is 67.9 Å². The number of amides is 2. The highest BCUT2D eigenvalue weighted by Gasteiger charge is 2.32. The van der Waals surface area contributed by atoms with E-state index in [0.717, 1.165) is 34.1 Å². The van der Waals surface area contributed by atoms with Crippen LogP contribution in [0.5, 0.6) is 0 Å². The largest absolute Gasteiger partial charge is 0.357 e. The highest BCUT2D eigenvalue weighted by atomic mass is 35.5. The van der Waals surface area contributed by atoms with Gasteiger partial charge in [0.15, 0.2) is 0 Å². The molecular formula is C26H27ClFN3O4S. The SMILES string of the molecule is CNC(=O)C(C)N(Cc1ccc(Cl)cc1)C(=O)CN(c1ccc(C)cc1)S(=O)(=O)c1ccc(F)cc1. The van der Waals surface area contributed by atoms with Crippen molar-refractivity contribution >= 4 is 39.1 Å². The number of hydrogen-bond acceptors (Lipinski definition) is 4. The fraction of sp³-hybridized carbons (Fsp3) is 0.231. The molecule has 0 saturated carbocycles. The topological polar surface area (TPSA) is 86.8 Å². The van der Waals surface area contributed by atoms with Gasteiger partial charge in [0, 0.05) is 18.6 Å². The van der Waals surface area contributed by atoms with Crippen LogP contribution in [-0.4, -0.2) is 44.8 Å². The first-order valence-corrected chi connectivity index (χ1v) is 12.9. The first kappa shape index (κ1) is 27.2. The Hall–Kier alpha value is -3.43. The van der Waals surface area contributed by atoms with Gasteiger partial charge in [0.1, 0.15) is 18.4 Å². The van der Waals surface area contributed by atoms with Gasteiger partial charge < -0.3 is 10.2 Å². The first-order valence-electron chi connectivity index (χ1n) is 11.1. The van der Waals surface area contributed by atoms with Crippen molar-refractivity contribution in [2.45, 2.75) is 31.3 Å². The van der Waals surface area contributed by atoms with E-state index in [1.165, 1.54) is 11.9 Å². The molecule has 7 nitrogen and oxygen atoms in total. The van der Waals surface area contributed by atoms with Gasteiger partial charge in [0.25, 0.3) is 10.0 Å². The maximum absolute atomic E-state index is 13.6. The summed E-state index contributed by atoms with van der Waals surface area (Å²) < 4.78 is 41.6. The maximum atomic E-state index is 13.6. The van der Waals surface area contributed by atoms with Crippen LogP contribution in [-0.2, 0) is 26.2 Å². The van der Waals surface area contributed by atoms with Crippen molar-refractivity contribution in [3.63, 3.8) is 0 Å². The second kappa shape index (κ2) is 11.5. The molecule has 0 aliphatic carbocycles. The lowest BCUT2D eigenvalue weighted by Crippen LogP contribution is -2.50. The minimum absolute atomic E-state index is 0.0585. The van der Waals surface area contributed by atoms with Gasteiger partial charge in [0.2, 0.25) is 11.8 Å². The van der Waals surface area contributed by atoms with E-state index in [9.17, 15) is 22.4 Å². The number of sulfonamides is 1. The van der Waals surface area contributed by atoms with Gasteiger partial charge in [-0.2, -0.15) is 0 Å². The molecule has 1 unspecified atom stereocenters. The molecule has 1 atom stereocenters. The first-order chi connectivity index (χ1) is 17.0. The minimum Gasteiger partial charge on any atom is -0.357 e. The molecule has 3 rings (SSSR count). The summed E-state index contributed by atoms with van der Waals surface area (Å²) in [4.78, 5) is 27.2. The Morgan fingerprint density at radius 2 is 1.56 bits per heavy atom. The van der Waals surface area contributed by atoms with E-state index in [-0.39, 0.29) is 17.1 Å². The lowest BCUT2D eigenvalue weighted by Gasteiger charge is -2.31. The Kier molecular flexibility index (Phi) is 8.70. The number of nitrogens with zero attached hydrogens (tertiary/aromatic N) is 2. The van der Waals surface area contributed by atoms with Crippen LogP contribution in [0.2, 0.25) is 5.02 Å². The zero-order valence-electron chi connectivity index (χ0n) is 20.1. The van der Waals surface area contributed by atoms with Gasteiger partial charge in [0.05, 0.1) is 10.6 Å². The average molecular weight is 532 g/mol. The molecule has 36 heavy (non-hydrogen) atoms. The number of halogens is 2. The number of hydrogen-bond donors (Lipinski definition) is 1. The van der Waals surface area contributed by atoms with Crippen LogP contribution < -0.4 is 9.62 Å². The van der Waals surface area contributed by atoms with Gasteiger partial charge in [-0.25, -0.2) is 12.8 Å². The number of anilines is 1. The van der Waals surface area contributed by atoms with Gasteiger partial charge in [-0.1, -0.05) is 41.4 Å². The molecule has 0 radical (unpaired) electrons. The van der Waals surface area contributed by atoms with Crippen molar-refractivity contribution in [3.8, 4) is 0 Å². The van der Waals surface area contributed by atoms with Crippen LogP contribution in [0.4, 0.5) is 10.1 Å². The Morgan fingerprint density at radius 1 is 0.972 bits per heavy atom. The zero-order valence-corrected chi connectivity index (χ0v) is 21.7. The van der Waals surface area contributed by atoms with Crippen LogP contribution in [0.1, 0.15) is 18.1 Å². The zero-order chi connectivity index (χ0) is 26.5. The average Bonchev–Trinajstić information content (AvgIpc) is 2.86. The predicted molar refractivity (Wildman–Crippen MR) is 138 cm³/mol. The third-order valence-corrected chi connectivity index (χ3v) is 7.72. The van der Waals surface area contributed by atoms with Crippen molar-refractivity contribution in [3.05, 3.63) is 94.8 Å². The smallest absolute Gasteiger partial charge is 0.264 e. The molecule has 0 aromatic heterocycles. The van der Waals surface area contributed by atoms with Crippen LogP contribution >= 0.6 is 11.6 Å². The number of rotatable bonds is 9. The molecule has 2 amide bonds. The van der Waals surface area contributed by atoms with Crippen molar-refractivity contribution < 1.29 is 22.4 Å². The third kappa shape index (κ3) is 6.41. The monoisotopic (exact) mass is 531 g/mol. The van der Waals surface area contributed by atoms with Gasteiger partial charge in [-0.3, -0.25) is 13.9 Å². The summed E-state index contributed by atoms with van der Waals surface area (Å²) in [7, 11) is -2.78. The second-order valence-electron chi connectivity index (χ2n) is 8.24. The van der Waals surface area contributed by atoms with E-state index >= 15 is 0 Å². The molecule has 1 N–H and O–H groups in total. The van der Waals surface area contributed by atoms with Crippen LogP contribution in [0.15, 0.2) is 77.7 Å². The third-order valence-electron chi connectivity index (χ3n) is 5.68. The summed E-state index contributed by atoms with van der Waals surface area (Å²) in [5.41, 5.74) is 1.88. The van der Waals surface area contributed by atoms with Gasteiger partial charge in [-0.15, -0.1) is 0 Å². The summed E-state index contributed by atoms with van der Waals surface area (Å²) in [6.07, 6.45) is 0. The van der Waals surface area contributed by atoms with Crippen LogP contribution in [0.25, 0.3) is 0 Å². The van der Waals surface area contributed by atoms with Crippen molar-refractivity contribution in [2.75, 3.05) is 17.9 Å². The van der Waals surface area contributed by atoms with E-state index in [1.54, 1.807) is 55.5 Å². The van der Waals surface area contributed by atoms with Crippen molar-refractivity contribution in [2.24, 2.45) is 0 Å². The molecule has 0 heterocycles. The minimum atomic E-state index is -4.24. The van der Waals surface area contributed by atoms with E-state index < -0.39 is 40.2 Å². The summed E-state index contributed by atoms with van der Waals surface area (Å²) in [6, 6.07) is 16.9. The lowest BCUT2D eigenvalue weighted by molar-refractivity contribution is -0.139. The van der Waals surface area contributed by atoms with E-state index in [1.807, 2.05) is 6.92 Å². The number of likely N-dealkylation sites (N-methyl/N-ethyl adjacent to an activating group) is 1. The Balaban J connectivity index is 2.01. The highest BCUT2D eigenvalue weighted by Crippen LogP contribution is 2.25. The molecule has 10 heteroatoms. The Bertz CT molecular complexity index is 1310. The molecule has 3 aromatic carbocycles. The molecule has 0 saturated heterocycles. The Morgan fingerprint density at radius 3 is 2.11 bits per heavy atom. The highest BCUT2D eigenvalue weighted by molar-refractivity contribution is 7.92. The predicted octanol–water partition coefficient (Wildman–Crippen LogP) is 4.15. The van der Waals surface area contributed by atoms with Crippen LogP contribution in [0.3, 0.4) is 0 Å². The summed E-state index contributed by atoms with van der Waals surface area (Å²) in [5, 5.41) is 3.05. The van der Waals surface area contributed by atoms with Crippen LogP contribution in [0, 0.1) is 12.7 Å². The van der Waals surface area contributed by atoms with Gasteiger partial charge >= 0.3 is 0 Å². The quantitative estimate of drug-likeness (QED) is 0.449. The second-order valence-corrected chi connectivity index (χ2v) is 10.5.